The van der Waals surface area contributed by atoms with E-state index in [2.05, 4.69) is 48.1 Å². The van der Waals surface area contributed by atoms with Gasteiger partial charge >= 0.3 is 0 Å². The van der Waals surface area contributed by atoms with Gasteiger partial charge in [-0.15, -0.1) is 0 Å². The first-order valence-electron chi connectivity index (χ1n) is 7.78. The SMILES string of the molecule is CCNC(C)c1ccc(N2CC(C(N)=O)CCC2C)cn1. The molecule has 0 saturated carbocycles. The summed E-state index contributed by atoms with van der Waals surface area (Å²) in [5.74, 6) is -0.251. The number of hydrogen-bond donors (Lipinski definition) is 2. The maximum atomic E-state index is 11.4. The number of hydrogen-bond acceptors (Lipinski definition) is 4. The van der Waals surface area contributed by atoms with E-state index in [4.69, 9.17) is 5.73 Å². The number of primary amides is 1. The molecule has 0 aromatic carbocycles. The number of amides is 1. The van der Waals surface area contributed by atoms with Gasteiger partial charge < -0.3 is 16.0 Å². The van der Waals surface area contributed by atoms with Crippen LogP contribution in [0.2, 0.25) is 0 Å². The smallest absolute Gasteiger partial charge is 0.222 e. The van der Waals surface area contributed by atoms with Crippen LogP contribution in [0.3, 0.4) is 0 Å². The summed E-state index contributed by atoms with van der Waals surface area (Å²) < 4.78 is 0. The molecule has 1 amide bonds. The van der Waals surface area contributed by atoms with E-state index in [1.165, 1.54) is 0 Å². The molecule has 5 nitrogen and oxygen atoms in total. The molecule has 2 rings (SSSR count). The third kappa shape index (κ3) is 3.73. The van der Waals surface area contributed by atoms with Crippen LogP contribution < -0.4 is 16.0 Å². The van der Waals surface area contributed by atoms with Crippen molar-refractivity contribution >= 4 is 11.6 Å². The zero-order chi connectivity index (χ0) is 15.4. The molecule has 0 aliphatic carbocycles. The summed E-state index contributed by atoms with van der Waals surface area (Å²) >= 11 is 0. The fourth-order valence-electron chi connectivity index (χ4n) is 2.93. The van der Waals surface area contributed by atoms with Crippen LogP contribution in [0.15, 0.2) is 18.3 Å². The van der Waals surface area contributed by atoms with Gasteiger partial charge in [-0.25, -0.2) is 0 Å². The molecule has 3 N–H and O–H groups in total. The first-order valence-corrected chi connectivity index (χ1v) is 7.78. The fraction of sp³-hybridized carbons (Fsp3) is 0.625. The highest BCUT2D eigenvalue weighted by molar-refractivity contribution is 5.77. The highest BCUT2D eigenvalue weighted by Gasteiger charge is 2.28. The monoisotopic (exact) mass is 290 g/mol. The van der Waals surface area contributed by atoms with Crippen molar-refractivity contribution in [3.8, 4) is 0 Å². The Labute approximate surface area is 126 Å². The van der Waals surface area contributed by atoms with Crippen LogP contribution in [0.1, 0.15) is 45.3 Å². The van der Waals surface area contributed by atoms with Crippen molar-refractivity contribution in [2.24, 2.45) is 11.7 Å². The van der Waals surface area contributed by atoms with Crippen LogP contribution in [0.25, 0.3) is 0 Å². The predicted molar refractivity (Wildman–Crippen MR) is 85.1 cm³/mol. The Morgan fingerprint density at radius 1 is 1.52 bits per heavy atom. The number of aromatic nitrogens is 1. The number of nitrogens with zero attached hydrogens (tertiary/aromatic N) is 2. The normalized spacial score (nSPS) is 23.9. The molecule has 0 bridgehead atoms. The summed E-state index contributed by atoms with van der Waals surface area (Å²) in [5.41, 5.74) is 7.57. The number of piperidine rings is 1. The Morgan fingerprint density at radius 3 is 2.86 bits per heavy atom. The minimum absolute atomic E-state index is 0.0541. The summed E-state index contributed by atoms with van der Waals surface area (Å²) in [5, 5.41) is 3.35. The van der Waals surface area contributed by atoms with E-state index in [0.717, 1.165) is 30.8 Å². The standard InChI is InChI=1S/C16H26N4O/c1-4-18-12(3)15-8-7-14(9-19-15)20-10-13(16(17)21)6-5-11(20)2/h7-9,11-13,18H,4-6,10H2,1-3H3,(H2,17,21). The lowest BCUT2D eigenvalue weighted by Gasteiger charge is -2.38. The lowest BCUT2D eigenvalue weighted by Crippen LogP contribution is -2.46. The molecule has 0 radical (unpaired) electrons. The summed E-state index contributed by atoms with van der Waals surface area (Å²) in [6.45, 7) is 8.00. The van der Waals surface area contributed by atoms with Crippen LogP contribution >= 0.6 is 0 Å². The number of nitrogens with one attached hydrogen (secondary N) is 1. The Bertz CT molecular complexity index is 474. The molecule has 3 atom stereocenters. The Balaban J connectivity index is 2.11. The van der Waals surface area contributed by atoms with E-state index < -0.39 is 0 Å². The second-order valence-electron chi connectivity index (χ2n) is 5.90. The number of carbonyl (C=O) groups excluding carboxylic acids is 1. The quantitative estimate of drug-likeness (QED) is 0.868. The first kappa shape index (κ1) is 15.8. The summed E-state index contributed by atoms with van der Waals surface area (Å²) in [6.07, 6.45) is 3.78. The van der Waals surface area contributed by atoms with Crippen LogP contribution in [-0.4, -0.2) is 30.0 Å². The largest absolute Gasteiger partial charge is 0.369 e. The van der Waals surface area contributed by atoms with E-state index in [1.54, 1.807) is 0 Å². The van der Waals surface area contributed by atoms with E-state index in [0.29, 0.717) is 12.6 Å². The Hall–Kier alpha value is -1.62. The molecule has 1 aliphatic heterocycles. The molecule has 1 saturated heterocycles. The van der Waals surface area contributed by atoms with Crippen molar-refractivity contribution in [2.45, 2.75) is 45.7 Å². The van der Waals surface area contributed by atoms with E-state index in [1.807, 2.05) is 6.20 Å². The number of carbonyl (C=O) groups is 1. The fourth-order valence-corrected chi connectivity index (χ4v) is 2.93. The van der Waals surface area contributed by atoms with Gasteiger partial charge in [0.05, 0.1) is 23.5 Å². The van der Waals surface area contributed by atoms with Crippen molar-refractivity contribution in [1.29, 1.82) is 0 Å². The van der Waals surface area contributed by atoms with Crippen LogP contribution in [0.4, 0.5) is 5.69 Å². The van der Waals surface area contributed by atoms with Crippen molar-refractivity contribution in [1.82, 2.24) is 10.3 Å². The summed E-state index contributed by atoms with van der Waals surface area (Å²) in [7, 11) is 0. The molecule has 3 unspecified atom stereocenters. The number of pyridine rings is 1. The number of rotatable bonds is 5. The van der Waals surface area contributed by atoms with Crippen molar-refractivity contribution in [2.75, 3.05) is 18.0 Å². The second kappa shape index (κ2) is 6.89. The molecule has 1 aliphatic rings. The van der Waals surface area contributed by atoms with Gasteiger partial charge in [-0.05, 0) is 45.4 Å². The van der Waals surface area contributed by atoms with Gasteiger partial charge in [0.15, 0.2) is 0 Å². The molecule has 1 aromatic heterocycles. The molecular weight excluding hydrogens is 264 g/mol. The molecule has 5 heteroatoms. The van der Waals surface area contributed by atoms with Gasteiger partial charge in [-0.1, -0.05) is 6.92 Å². The molecule has 21 heavy (non-hydrogen) atoms. The van der Waals surface area contributed by atoms with Crippen LogP contribution in [0.5, 0.6) is 0 Å². The summed E-state index contributed by atoms with van der Waals surface area (Å²) in [4.78, 5) is 18.2. The average Bonchev–Trinajstić information content (AvgIpc) is 2.48. The molecule has 1 aromatic rings. The van der Waals surface area contributed by atoms with Crippen LogP contribution in [-0.2, 0) is 4.79 Å². The van der Waals surface area contributed by atoms with Gasteiger partial charge in [0.1, 0.15) is 0 Å². The number of anilines is 1. The van der Waals surface area contributed by atoms with Crippen molar-refractivity contribution in [3.63, 3.8) is 0 Å². The minimum atomic E-state index is -0.197. The molecule has 1 fully saturated rings. The third-order valence-corrected chi connectivity index (χ3v) is 4.34. The Kier molecular flexibility index (Phi) is 5.17. The molecular formula is C16H26N4O. The molecule has 0 spiro atoms. The molecule has 116 valence electrons. The first-order chi connectivity index (χ1) is 10.0. The lowest BCUT2D eigenvalue weighted by atomic mass is 9.92. The highest BCUT2D eigenvalue weighted by Crippen LogP contribution is 2.27. The minimum Gasteiger partial charge on any atom is -0.369 e. The van der Waals surface area contributed by atoms with E-state index in [-0.39, 0.29) is 17.9 Å². The van der Waals surface area contributed by atoms with Crippen molar-refractivity contribution in [3.05, 3.63) is 24.0 Å². The average molecular weight is 290 g/mol. The lowest BCUT2D eigenvalue weighted by molar-refractivity contribution is -0.122. The number of nitrogens with two attached hydrogens (primary N) is 1. The maximum Gasteiger partial charge on any atom is 0.222 e. The van der Waals surface area contributed by atoms with Gasteiger partial charge in [-0.3, -0.25) is 9.78 Å². The van der Waals surface area contributed by atoms with Crippen LogP contribution in [0, 0.1) is 5.92 Å². The van der Waals surface area contributed by atoms with E-state index in [9.17, 15) is 4.79 Å². The van der Waals surface area contributed by atoms with Gasteiger partial charge in [0, 0.05) is 18.6 Å². The maximum absolute atomic E-state index is 11.4. The van der Waals surface area contributed by atoms with Crippen molar-refractivity contribution < 1.29 is 4.79 Å². The van der Waals surface area contributed by atoms with Gasteiger partial charge in [0.2, 0.25) is 5.91 Å². The third-order valence-electron chi connectivity index (χ3n) is 4.34. The topological polar surface area (TPSA) is 71.2 Å². The summed E-state index contributed by atoms with van der Waals surface area (Å²) in [6, 6.07) is 4.82. The predicted octanol–water partition coefficient (Wildman–Crippen LogP) is 1.84. The zero-order valence-electron chi connectivity index (χ0n) is 13.2. The Morgan fingerprint density at radius 2 is 2.29 bits per heavy atom. The molecule has 2 heterocycles. The van der Waals surface area contributed by atoms with Gasteiger partial charge in [0.25, 0.3) is 0 Å². The zero-order valence-corrected chi connectivity index (χ0v) is 13.2. The highest BCUT2D eigenvalue weighted by atomic mass is 16.1. The van der Waals surface area contributed by atoms with Gasteiger partial charge in [-0.2, -0.15) is 0 Å². The van der Waals surface area contributed by atoms with E-state index >= 15 is 0 Å². The second-order valence-corrected chi connectivity index (χ2v) is 5.90.